The third-order valence-electron chi connectivity index (χ3n) is 1.49. The predicted molar refractivity (Wildman–Crippen MR) is 57.4 cm³/mol. The molecule has 0 aliphatic heterocycles. The van der Waals surface area contributed by atoms with Crippen LogP contribution in [-0.4, -0.2) is 25.4 Å². The van der Waals surface area contributed by atoms with Gasteiger partial charge in [0, 0.05) is 7.11 Å². The van der Waals surface area contributed by atoms with Gasteiger partial charge in [0.2, 0.25) is 0 Å². The number of benzene rings is 1. The van der Waals surface area contributed by atoms with Crippen molar-refractivity contribution >= 4 is 23.5 Å². The van der Waals surface area contributed by atoms with Crippen LogP contribution in [-0.2, 0) is 8.54 Å². The molecular formula is C9H14O2Si2. The Morgan fingerprint density at radius 1 is 1.08 bits per heavy atom. The molecule has 4 heteroatoms. The molecule has 0 saturated carbocycles. The van der Waals surface area contributed by atoms with Crippen LogP contribution in [0.5, 0.6) is 0 Å². The zero-order valence-electron chi connectivity index (χ0n) is 8.20. The van der Waals surface area contributed by atoms with Crippen molar-refractivity contribution in [3.8, 4) is 0 Å². The van der Waals surface area contributed by atoms with E-state index in [4.69, 9.17) is 8.54 Å². The van der Waals surface area contributed by atoms with Crippen molar-refractivity contribution < 1.29 is 8.54 Å². The summed E-state index contributed by atoms with van der Waals surface area (Å²) in [6, 6.07) is 10.1. The van der Waals surface area contributed by atoms with Crippen LogP contribution < -0.4 is 5.19 Å². The summed E-state index contributed by atoms with van der Waals surface area (Å²) < 4.78 is 11.1. The normalized spacial score (nSPS) is 11.2. The fourth-order valence-corrected chi connectivity index (χ4v) is 3.97. The number of hydrogen-bond acceptors (Lipinski definition) is 2. The van der Waals surface area contributed by atoms with Gasteiger partial charge in [-0.3, -0.25) is 0 Å². The van der Waals surface area contributed by atoms with E-state index in [9.17, 15) is 0 Å². The fourth-order valence-electron chi connectivity index (χ4n) is 0.978. The van der Waals surface area contributed by atoms with Gasteiger partial charge in [0.05, 0.1) is 0 Å². The first-order valence-electron chi connectivity index (χ1n) is 4.18. The molecule has 0 unspecified atom stereocenters. The minimum Gasteiger partial charge on any atom is -0.432 e. The van der Waals surface area contributed by atoms with Crippen LogP contribution in [0.4, 0.5) is 0 Å². The Hall–Kier alpha value is -0.426. The highest BCUT2D eigenvalue weighted by atomic mass is 28.4. The van der Waals surface area contributed by atoms with Crippen molar-refractivity contribution in [3.63, 3.8) is 0 Å². The Morgan fingerprint density at radius 2 is 1.69 bits per heavy atom. The minimum atomic E-state index is -1.22. The summed E-state index contributed by atoms with van der Waals surface area (Å²) in [6.45, 7) is 4.24. The molecule has 0 N–H and O–H groups in total. The summed E-state index contributed by atoms with van der Waals surface area (Å²) in [5.74, 6) is 0. The van der Waals surface area contributed by atoms with Crippen LogP contribution in [0.15, 0.2) is 30.3 Å². The van der Waals surface area contributed by atoms with E-state index in [0.717, 1.165) is 0 Å². The average molecular weight is 210 g/mol. The van der Waals surface area contributed by atoms with Gasteiger partial charge in [0.25, 0.3) is 0 Å². The average Bonchev–Trinajstić information content (AvgIpc) is 2.15. The van der Waals surface area contributed by atoms with E-state index in [1.807, 2.05) is 18.2 Å². The van der Waals surface area contributed by atoms with Crippen LogP contribution >= 0.6 is 0 Å². The Balaban J connectivity index is 2.67. The summed E-state index contributed by atoms with van der Waals surface area (Å²) in [4.78, 5) is 0. The standard InChI is InChI=1S/C9H14O2Si2/c1-10-13(11-12(2)3)9-7-5-4-6-8-9/h4-8H,1-3H3. The highest BCUT2D eigenvalue weighted by Gasteiger charge is 2.18. The lowest BCUT2D eigenvalue weighted by Gasteiger charge is -2.14. The highest BCUT2D eigenvalue weighted by Crippen LogP contribution is 1.94. The Labute approximate surface area is 83.1 Å². The molecule has 0 bridgehead atoms. The predicted octanol–water partition coefficient (Wildman–Crippen LogP) is 1.30. The van der Waals surface area contributed by atoms with Crippen molar-refractivity contribution in [2.24, 2.45) is 0 Å². The first-order chi connectivity index (χ1) is 6.24. The Kier molecular flexibility index (Phi) is 4.37. The molecule has 1 aromatic carbocycles. The summed E-state index contributed by atoms with van der Waals surface area (Å²) >= 11 is 0. The van der Waals surface area contributed by atoms with E-state index in [-0.39, 0.29) is 0 Å². The van der Waals surface area contributed by atoms with Gasteiger partial charge in [-0.25, -0.2) is 0 Å². The SMILES string of the molecule is CO[Si](O[Si](C)C)c1ccccc1. The third-order valence-corrected chi connectivity index (χ3v) is 5.04. The summed E-state index contributed by atoms with van der Waals surface area (Å²) in [5.41, 5.74) is 0. The van der Waals surface area contributed by atoms with E-state index in [0.29, 0.717) is 0 Å². The monoisotopic (exact) mass is 210 g/mol. The lowest BCUT2D eigenvalue weighted by molar-refractivity contribution is 0.352. The molecule has 2 nitrogen and oxygen atoms in total. The van der Waals surface area contributed by atoms with Crippen molar-refractivity contribution in [2.45, 2.75) is 13.1 Å². The van der Waals surface area contributed by atoms with Gasteiger partial charge in [-0.2, -0.15) is 0 Å². The molecule has 0 aliphatic rings. The van der Waals surface area contributed by atoms with Gasteiger partial charge in [0.15, 0.2) is 9.04 Å². The van der Waals surface area contributed by atoms with Gasteiger partial charge in [-0.05, 0) is 18.3 Å². The van der Waals surface area contributed by atoms with Crippen LogP contribution in [0.2, 0.25) is 13.1 Å². The molecule has 70 valence electrons. The van der Waals surface area contributed by atoms with Crippen molar-refractivity contribution in [2.75, 3.05) is 7.11 Å². The first-order valence-corrected chi connectivity index (χ1v) is 7.91. The van der Waals surface area contributed by atoms with Crippen molar-refractivity contribution in [1.82, 2.24) is 0 Å². The van der Waals surface area contributed by atoms with Gasteiger partial charge in [-0.15, -0.1) is 0 Å². The first kappa shape index (κ1) is 10.7. The third kappa shape index (κ3) is 3.43. The molecule has 13 heavy (non-hydrogen) atoms. The molecule has 0 heterocycles. The molecule has 0 saturated heterocycles. The molecule has 0 amide bonds. The van der Waals surface area contributed by atoms with Crippen LogP contribution in [0, 0.1) is 0 Å². The van der Waals surface area contributed by atoms with Gasteiger partial charge >= 0.3 is 9.28 Å². The number of hydrogen-bond donors (Lipinski definition) is 0. The van der Waals surface area contributed by atoms with Gasteiger partial charge < -0.3 is 8.54 Å². The van der Waals surface area contributed by atoms with Crippen LogP contribution in [0.3, 0.4) is 0 Å². The molecule has 2 radical (unpaired) electrons. The molecule has 1 aromatic rings. The maximum Gasteiger partial charge on any atom is 0.412 e. The van der Waals surface area contributed by atoms with Crippen LogP contribution in [0.1, 0.15) is 0 Å². The quantitative estimate of drug-likeness (QED) is 0.697. The maximum absolute atomic E-state index is 5.77. The van der Waals surface area contributed by atoms with E-state index >= 15 is 0 Å². The van der Waals surface area contributed by atoms with E-state index in [2.05, 4.69) is 25.2 Å². The van der Waals surface area contributed by atoms with E-state index in [1.165, 1.54) is 5.19 Å². The fraction of sp³-hybridized carbons (Fsp3) is 0.333. The molecule has 0 aliphatic carbocycles. The van der Waals surface area contributed by atoms with Gasteiger partial charge in [0.1, 0.15) is 0 Å². The highest BCUT2D eigenvalue weighted by molar-refractivity contribution is 6.70. The molecule has 1 rings (SSSR count). The lowest BCUT2D eigenvalue weighted by atomic mass is 10.4. The molecule has 0 fully saturated rings. The Bertz CT molecular complexity index is 239. The number of rotatable bonds is 4. The second kappa shape index (κ2) is 5.34. The summed E-state index contributed by atoms with van der Waals surface area (Å²) in [5, 5.41) is 1.18. The second-order valence-corrected chi connectivity index (χ2v) is 7.06. The molecule has 0 atom stereocenters. The lowest BCUT2D eigenvalue weighted by Crippen LogP contribution is -2.39. The second-order valence-electron chi connectivity index (χ2n) is 2.87. The van der Waals surface area contributed by atoms with Crippen molar-refractivity contribution in [1.29, 1.82) is 0 Å². The zero-order chi connectivity index (χ0) is 9.68. The molecular weight excluding hydrogens is 196 g/mol. The minimum absolute atomic E-state index is 0.672. The van der Waals surface area contributed by atoms with Crippen molar-refractivity contribution in [3.05, 3.63) is 30.3 Å². The van der Waals surface area contributed by atoms with E-state index in [1.54, 1.807) is 7.11 Å². The molecule has 0 spiro atoms. The zero-order valence-corrected chi connectivity index (χ0v) is 10.2. The molecule has 0 aromatic heterocycles. The van der Waals surface area contributed by atoms with Gasteiger partial charge in [-0.1, -0.05) is 30.3 Å². The summed E-state index contributed by atoms with van der Waals surface area (Å²) in [7, 11) is -0.174. The largest absolute Gasteiger partial charge is 0.432 e. The maximum atomic E-state index is 5.77. The Morgan fingerprint density at radius 3 is 2.15 bits per heavy atom. The summed E-state index contributed by atoms with van der Waals surface area (Å²) in [6.07, 6.45) is 0. The smallest absolute Gasteiger partial charge is 0.412 e. The van der Waals surface area contributed by atoms with Crippen LogP contribution in [0.25, 0.3) is 0 Å². The topological polar surface area (TPSA) is 18.5 Å². The van der Waals surface area contributed by atoms with E-state index < -0.39 is 18.3 Å².